The molecule has 0 fully saturated rings. The Bertz CT molecular complexity index is 839. The molecular formula is C24H31ClN2O2S. The lowest BCUT2D eigenvalue weighted by atomic mass is 10.1. The molecule has 0 aliphatic carbocycles. The van der Waals surface area contributed by atoms with Crippen LogP contribution in [-0.4, -0.2) is 34.6 Å². The maximum Gasteiger partial charge on any atom is 0.243 e. The van der Waals surface area contributed by atoms with E-state index in [4.69, 9.17) is 11.6 Å². The van der Waals surface area contributed by atoms with Crippen LogP contribution in [0.15, 0.2) is 48.5 Å². The lowest BCUT2D eigenvalue weighted by molar-refractivity contribution is -0.139. The van der Waals surface area contributed by atoms with Gasteiger partial charge in [-0.3, -0.25) is 9.59 Å². The molecule has 0 radical (unpaired) electrons. The van der Waals surface area contributed by atoms with E-state index in [1.54, 1.807) is 16.7 Å². The third-order valence-corrected chi connectivity index (χ3v) is 5.90. The summed E-state index contributed by atoms with van der Waals surface area (Å²) < 4.78 is 0. The summed E-state index contributed by atoms with van der Waals surface area (Å²) in [4.78, 5) is 27.7. The number of carbonyl (C=O) groups is 2. The van der Waals surface area contributed by atoms with Crippen LogP contribution in [0.1, 0.15) is 43.9 Å². The van der Waals surface area contributed by atoms with Gasteiger partial charge in [-0.25, -0.2) is 0 Å². The van der Waals surface area contributed by atoms with Gasteiger partial charge in [-0.15, -0.1) is 11.8 Å². The molecule has 162 valence electrons. The van der Waals surface area contributed by atoms with E-state index in [-0.39, 0.29) is 17.9 Å². The summed E-state index contributed by atoms with van der Waals surface area (Å²) in [5.41, 5.74) is 3.28. The van der Waals surface area contributed by atoms with Crippen molar-refractivity contribution in [3.63, 3.8) is 0 Å². The van der Waals surface area contributed by atoms with Crippen molar-refractivity contribution in [1.29, 1.82) is 0 Å². The van der Waals surface area contributed by atoms with Gasteiger partial charge in [0.25, 0.3) is 0 Å². The molecule has 30 heavy (non-hydrogen) atoms. The average molecular weight is 447 g/mol. The standard InChI is InChI=1S/C24H31ClN2O2S/c1-5-22(24(29)26-17(2)3)27(14-20-8-6-7-18(4)13-20)23(28)16-30-15-19-9-11-21(25)12-10-19/h6-13,17,22H,5,14-16H2,1-4H3,(H,26,29)/t22-/m1/s1. The highest BCUT2D eigenvalue weighted by Gasteiger charge is 2.28. The minimum Gasteiger partial charge on any atom is -0.352 e. The van der Waals surface area contributed by atoms with Crippen molar-refractivity contribution in [3.8, 4) is 0 Å². The first-order valence-electron chi connectivity index (χ1n) is 10.3. The highest BCUT2D eigenvalue weighted by atomic mass is 35.5. The van der Waals surface area contributed by atoms with Crippen molar-refractivity contribution in [2.24, 2.45) is 0 Å². The Morgan fingerprint density at radius 1 is 1.10 bits per heavy atom. The first kappa shape index (κ1) is 24.3. The number of halogens is 1. The molecule has 0 bridgehead atoms. The number of nitrogens with one attached hydrogen (secondary N) is 1. The summed E-state index contributed by atoms with van der Waals surface area (Å²) in [6, 6.07) is 15.3. The first-order valence-corrected chi connectivity index (χ1v) is 11.8. The van der Waals surface area contributed by atoms with E-state index < -0.39 is 6.04 Å². The van der Waals surface area contributed by atoms with Crippen molar-refractivity contribution in [2.75, 3.05) is 5.75 Å². The van der Waals surface area contributed by atoms with E-state index in [9.17, 15) is 9.59 Å². The quantitative estimate of drug-likeness (QED) is 0.544. The predicted molar refractivity (Wildman–Crippen MR) is 127 cm³/mol. The van der Waals surface area contributed by atoms with E-state index in [1.807, 2.05) is 70.2 Å². The van der Waals surface area contributed by atoms with Crippen LogP contribution in [0.3, 0.4) is 0 Å². The van der Waals surface area contributed by atoms with Crippen LogP contribution in [0.4, 0.5) is 0 Å². The third-order valence-electron chi connectivity index (χ3n) is 4.66. The topological polar surface area (TPSA) is 49.4 Å². The van der Waals surface area contributed by atoms with Crippen molar-refractivity contribution < 1.29 is 9.59 Å². The molecule has 0 aromatic heterocycles. The van der Waals surface area contributed by atoms with E-state index >= 15 is 0 Å². The van der Waals surface area contributed by atoms with Gasteiger partial charge in [0.15, 0.2) is 0 Å². The van der Waals surface area contributed by atoms with Gasteiger partial charge in [-0.2, -0.15) is 0 Å². The molecule has 1 atom stereocenters. The lowest BCUT2D eigenvalue weighted by Crippen LogP contribution is -2.50. The Balaban J connectivity index is 2.12. The molecule has 0 unspecified atom stereocenters. The van der Waals surface area contributed by atoms with Crippen LogP contribution in [0, 0.1) is 6.92 Å². The van der Waals surface area contributed by atoms with Gasteiger partial charge in [-0.1, -0.05) is 60.5 Å². The molecular weight excluding hydrogens is 416 g/mol. The molecule has 0 spiro atoms. The van der Waals surface area contributed by atoms with Gasteiger partial charge < -0.3 is 10.2 Å². The largest absolute Gasteiger partial charge is 0.352 e. The van der Waals surface area contributed by atoms with E-state index in [2.05, 4.69) is 11.4 Å². The molecule has 2 aromatic rings. The van der Waals surface area contributed by atoms with Gasteiger partial charge in [-0.05, 0) is 50.5 Å². The fourth-order valence-electron chi connectivity index (χ4n) is 3.23. The summed E-state index contributed by atoms with van der Waals surface area (Å²) in [6.45, 7) is 8.26. The fourth-order valence-corrected chi connectivity index (χ4v) is 4.22. The van der Waals surface area contributed by atoms with Crippen LogP contribution < -0.4 is 5.32 Å². The zero-order valence-electron chi connectivity index (χ0n) is 18.2. The van der Waals surface area contributed by atoms with Gasteiger partial charge >= 0.3 is 0 Å². The van der Waals surface area contributed by atoms with Gasteiger partial charge in [0, 0.05) is 23.4 Å². The molecule has 2 amide bonds. The number of carbonyl (C=O) groups excluding carboxylic acids is 2. The molecule has 2 aromatic carbocycles. The van der Waals surface area contributed by atoms with Crippen molar-refractivity contribution in [3.05, 3.63) is 70.2 Å². The lowest BCUT2D eigenvalue weighted by Gasteiger charge is -2.31. The van der Waals surface area contributed by atoms with Crippen molar-refractivity contribution >= 4 is 35.2 Å². The smallest absolute Gasteiger partial charge is 0.243 e. The van der Waals surface area contributed by atoms with Crippen LogP contribution in [0.25, 0.3) is 0 Å². The van der Waals surface area contributed by atoms with E-state index in [0.717, 1.165) is 22.4 Å². The Morgan fingerprint density at radius 2 is 1.80 bits per heavy atom. The Kier molecular flexibility index (Phi) is 9.73. The monoisotopic (exact) mass is 446 g/mol. The normalized spacial score (nSPS) is 11.9. The number of thioether (sulfide) groups is 1. The molecule has 0 heterocycles. The zero-order valence-corrected chi connectivity index (χ0v) is 19.7. The number of hydrogen-bond donors (Lipinski definition) is 1. The number of rotatable bonds is 10. The van der Waals surface area contributed by atoms with Gasteiger partial charge in [0.1, 0.15) is 6.04 Å². The zero-order chi connectivity index (χ0) is 22.1. The van der Waals surface area contributed by atoms with Crippen LogP contribution in [0.5, 0.6) is 0 Å². The van der Waals surface area contributed by atoms with Crippen molar-refractivity contribution in [2.45, 2.75) is 58.5 Å². The van der Waals surface area contributed by atoms with Crippen LogP contribution in [-0.2, 0) is 21.9 Å². The maximum atomic E-state index is 13.2. The SMILES string of the molecule is CC[C@H](C(=O)NC(C)C)N(Cc1cccc(C)c1)C(=O)CSCc1ccc(Cl)cc1. The Hall–Kier alpha value is -1.98. The van der Waals surface area contributed by atoms with Gasteiger partial charge in [0.2, 0.25) is 11.8 Å². The summed E-state index contributed by atoms with van der Waals surface area (Å²) in [7, 11) is 0. The van der Waals surface area contributed by atoms with Crippen molar-refractivity contribution in [1.82, 2.24) is 10.2 Å². The molecule has 0 saturated heterocycles. The number of nitrogens with zero attached hydrogens (tertiary/aromatic N) is 1. The number of hydrogen-bond acceptors (Lipinski definition) is 3. The summed E-state index contributed by atoms with van der Waals surface area (Å²) in [6.07, 6.45) is 0.567. The summed E-state index contributed by atoms with van der Waals surface area (Å²) in [5, 5.41) is 3.66. The maximum absolute atomic E-state index is 13.2. The van der Waals surface area contributed by atoms with E-state index in [0.29, 0.717) is 23.7 Å². The molecule has 1 N–H and O–H groups in total. The second-order valence-corrected chi connectivity index (χ2v) is 9.14. The van der Waals surface area contributed by atoms with Crippen LogP contribution in [0.2, 0.25) is 5.02 Å². The molecule has 2 rings (SSSR count). The highest BCUT2D eigenvalue weighted by molar-refractivity contribution is 7.99. The Morgan fingerprint density at radius 3 is 2.40 bits per heavy atom. The third kappa shape index (κ3) is 7.69. The number of amides is 2. The molecule has 0 aliphatic heterocycles. The minimum absolute atomic E-state index is 0.0266. The number of aryl methyl sites for hydroxylation is 1. The molecule has 6 heteroatoms. The average Bonchev–Trinajstić information content (AvgIpc) is 2.68. The van der Waals surface area contributed by atoms with Gasteiger partial charge in [0.05, 0.1) is 5.75 Å². The Labute approximate surface area is 189 Å². The van der Waals surface area contributed by atoms with Crippen LogP contribution >= 0.6 is 23.4 Å². The fraction of sp³-hybridized carbons (Fsp3) is 0.417. The second kappa shape index (κ2) is 12.0. The first-order chi connectivity index (χ1) is 14.3. The highest BCUT2D eigenvalue weighted by Crippen LogP contribution is 2.19. The molecule has 0 aliphatic rings. The molecule has 4 nitrogen and oxygen atoms in total. The number of benzene rings is 2. The second-order valence-electron chi connectivity index (χ2n) is 7.72. The van der Waals surface area contributed by atoms with E-state index in [1.165, 1.54) is 0 Å². The molecule has 0 saturated carbocycles. The predicted octanol–water partition coefficient (Wildman–Crippen LogP) is 5.21. The minimum atomic E-state index is -0.489. The summed E-state index contributed by atoms with van der Waals surface area (Å²) in [5.74, 6) is 0.910. The summed E-state index contributed by atoms with van der Waals surface area (Å²) >= 11 is 7.49.